The van der Waals surface area contributed by atoms with Gasteiger partial charge in [0.2, 0.25) is 0 Å². The second kappa shape index (κ2) is 8.01. The van der Waals surface area contributed by atoms with Gasteiger partial charge in [-0.2, -0.15) is 0 Å². The molecule has 0 bridgehead atoms. The van der Waals surface area contributed by atoms with Gasteiger partial charge in [0.1, 0.15) is 0 Å². The number of hydrogen-bond acceptors (Lipinski definition) is 3. The lowest BCUT2D eigenvalue weighted by Crippen LogP contribution is -2.24. The van der Waals surface area contributed by atoms with Gasteiger partial charge in [-0.15, -0.1) is 0 Å². The Hall–Kier alpha value is -0.580. The van der Waals surface area contributed by atoms with Crippen LogP contribution in [0.3, 0.4) is 0 Å². The molecule has 1 saturated heterocycles. The van der Waals surface area contributed by atoms with Gasteiger partial charge in [-0.3, -0.25) is 0 Å². The van der Waals surface area contributed by atoms with Crippen molar-refractivity contribution in [2.24, 2.45) is 5.92 Å². The van der Waals surface area contributed by atoms with Gasteiger partial charge >= 0.3 is 0 Å². The van der Waals surface area contributed by atoms with E-state index in [1.54, 1.807) is 7.11 Å². The summed E-state index contributed by atoms with van der Waals surface area (Å²) in [5.41, 5.74) is 2.75. The zero-order chi connectivity index (χ0) is 14.4. The van der Waals surface area contributed by atoms with Crippen molar-refractivity contribution < 1.29 is 4.74 Å². The first kappa shape index (κ1) is 15.8. The van der Waals surface area contributed by atoms with E-state index >= 15 is 0 Å². The van der Waals surface area contributed by atoms with Crippen molar-refractivity contribution >= 4 is 21.6 Å². The molecule has 0 saturated carbocycles. The first-order chi connectivity index (χ1) is 9.74. The molecule has 1 heterocycles. The Labute approximate surface area is 130 Å². The normalized spacial score (nSPS) is 18.8. The number of nitrogens with zero attached hydrogens (tertiary/aromatic N) is 1. The number of rotatable bonds is 7. The molecule has 0 aromatic heterocycles. The van der Waals surface area contributed by atoms with Crippen molar-refractivity contribution in [2.75, 3.05) is 38.3 Å². The highest BCUT2D eigenvalue weighted by Crippen LogP contribution is 2.30. The van der Waals surface area contributed by atoms with E-state index in [-0.39, 0.29) is 0 Å². The molecular weight excluding hydrogens is 316 g/mol. The fraction of sp³-hybridized carbons (Fsp3) is 0.625. The summed E-state index contributed by atoms with van der Waals surface area (Å²) in [7, 11) is 1.74. The standard InChI is InChI=1S/C16H25BrN2O/c1-3-13-6-8-19(12-13)16-10-15(17)5-4-14(16)11-18-7-9-20-2/h4-5,10,13,18H,3,6-9,11-12H2,1-2H3. The molecule has 1 aromatic rings. The van der Waals surface area contributed by atoms with Crippen molar-refractivity contribution in [3.8, 4) is 0 Å². The van der Waals surface area contributed by atoms with Crippen LogP contribution in [0.25, 0.3) is 0 Å². The van der Waals surface area contributed by atoms with Crippen LogP contribution in [0.1, 0.15) is 25.3 Å². The van der Waals surface area contributed by atoms with Crippen molar-refractivity contribution in [3.63, 3.8) is 0 Å². The number of halogens is 1. The number of anilines is 1. The molecule has 1 aliphatic heterocycles. The predicted octanol–water partition coefficient (Wildman–Crippen LogP) is 3.42. The quantitative estimate of drug-likeness (QED) is 0.769. The van der Waals surface area contributed by atoms with Crippen LogP contribution < -0.4 is 10.2 Å². The van der Waals surface area contributed by atoms with E-state index in [2.05, 4.69) is 51.3 Å². The van der Waals surface area contributed by atoms with Crippen LogP contribution in [-0.2, 0) is 11.3 Å². The van der Waals surface area contributed by atoms with Gasteiger partial charge < -0.3 is 15.0 Å². The Balaban J connectivity index is 2.04. The molecule has 112 valence electrons. The SMILES string of the molecule is CCC1CCN(c2cc(Br)ccc2CNCCOC)C1. The van der Waals surface area contributed by atoms with Gasteiger partial charge in [0.15, 0.2) is 0 Å². The Morgan fingerprint density at radius 3 is 3.00 bits per heavy atom. The topological polar surface area (TPSA) is 24.5 Å². The van der Waals surface area contributed by atoms with Crippen molar-refractivity contribution in [1.82, 2.24) is 5.32 Å². The summed E-state index contributed by atoms with van der Waals surface area (Å²) in [4.78, 5) is 2.53. The van der Waals surface area contributed by atoms with E-state index in [1.165, 1.54) is 37.2 Å². The fourth-order valence-electron chi connectivity index (χ4n) is 2.76. The lowest BCUT2D eigenvalue weighted by molar-refractivity contribution is 0.199. The molecule has 3 nitrogen and oxygen atoms in total. The van der Waals surface area contributed by atoms with Crippen molar-refractivity contribution in [1.29, 1.82) is 0 Å². The van der Waals surface area contributed by atoms with E-state index in [0.717, 1.165) is 30.1 Å². The van der Waals surface area contributed by atoms with Gasteiger partial charge in [-0.05, 0) is 30.0 Å². The van der Waals surface area contributed by atoms with Gasteiger partial charge in [0.05, 0.1) is 6.61 Å². The number of nitrogens with one attached hydrogen (secondary N) is 1. The van der Waals surface area contributed by atoms with Crippen LogP contribution in [0.4, 0.5) is 5.69 Å². The average molecular weight is 341 g/mol. The maximum absolute atomic E-state index is 5.08. The zero-order valence-corrected chi connectivity index (χ0v) is 14.1. The Morgan fingerprint density at radius 1 is 1.45 bits per heavy atom. The number of hydrogen-bond donors (Lipinski definition) is 1. The maximum Gasteiger partial charge on any atom is 0.0587 e. The zero-order valence-electron chi connectivity index (χ0n) is 12.5. The Kier molecular flexibility index (Phi) is 6.33. The molecule has 1 fully saturated rings. The third-order valence-corrected chi connectivity index (χ3v) is 4.54. The molecule has 1 N–H and O–H groups in total. The lowest BCUT2D eigenvalue weighted by atomic mass is 10.1. The van der Waals surface area contributed by atoms with E-state index in [9.17, 15) is 0 Å². The fourth-order valence-corrected chi connectivity index (χ4v) is 3.11. The van der Waals surface area contributed by atoms with Gasteiger partial charge in [-0.25, -0.2) is 0 Å². The van der Waals surface area contributed by atoms with Crippen LogP contribution >= 0.6 is 15.9 Å². The summed E-state index contributed by atoms with van der Waals surface area (Å²) in [6.45, 7) is 7.22. The van der Waals surface area contributed by atoms with Crippen LogP contribution in [-0.4, -0.2) is 33.4 Å². The predicted molar refractivity (Wildman–Crippen MR) is 88.3 cm³/mol. The Bertz CT molecular complexity index is 425. The molecule has 20 heavy (non-hydrogen) atoms. The minimum Gasteiger partial charge on any atom is -0.383 e. The number of ether oxygens (including phenoxy) is 1. The molecule has 1 aliphatic rings. The molecule has 2 rings (SSSR count). The summed E-state index contributed by atoms with van der Waals surface area (Å²) in [6.07, 6.45) is 2.60. The Morgan fingerprint density at radius 2 is 2.30 bits per heavy atom. The highest BCUT2D eigenvalue weighted by atomic mass is 79.9. The first-order valence-electron chi connectivity index (χ1n) is 7.47. The summed E-state index contributed by atoms with van der Waals surface area (Å²) >= 11 is 3.60. The molecule has 4 heteroatoms. The molecular formula is C16H25BrN2O. The minimum absolute atomic E-state index is 0.757. The largest absolute Gasteiger partial charge is 0.383 e. The highest BCUT2D eigenvalue weighted by Gasteiger charge is 2.22. The molecule has 1 atom stereocenters. The summed E-state index contributed by atoms with van der Waals surface area (Å²) in [6, 6.07) is 6.61. The molecule has 0 amide bonds. The monoisotopic (exact) mass is 340 g/mol. The molecule has 0 radical (unpaired) electrons. The molecule has 1 aromatic carbocycles. The van der Waals surface area contributed by atoms with Gasteiger partial charge in [0.25, 0.3) is 0 Å². The van der Waals surface area contributed by atoms with Crippen molar-refractivity contribution in [2.45, 2.75) is 26.3 Å². The highest BCUT2D eigenvalue weighted by molar-refractivity contribution is 9.10. The third kappa shape index (κ3) is 4.21. The summed E-state index contributed by atoms with van der Waals surface area (Å²) < 4.78 is 6.24. The second-order valence-electron chi connectivity index (χ2n) is 5.45. The number of benzene rings is 1. The maximum atomic E-state index is 5.08. The van der Waals surface area contributed by atoms with Gasteiger partial charge in [0, 0.05) is 43.4 Å². The first-order valence-corrected chi connectivity index (χ1v) is 8.27. The smallest absolute Gasteiger partial charge is 0.0587 e. The van der Waals surface area contributed by atoms with Crippen LogP contribution in [0.5, 0.6) is 0 Å². The third-order valence-electron chi connectivity index (χ3n) is 4.05. The lowest BCUT2D eigenvalue weighted by Gasteiger charge is -2.23. The average Bonchev–Trinajstić information content (AvgIpc) is 2.93. The van der Waals surface area contributed by atoms with E-state index in [1.807, 2.05) is 0 Å². The van der Waals surface area contributed by atoms with Gasteiger partial charge in [-0.1, -0.05) is 35.3 Å². The van der Waals surface area contributed by atoms with E-state index in [4.69, 9.17) is 4.74 Å². The van der Waals surface area contributed by atoms with Crippen LogP contribution in [0.2, 0.25) is 0 Å². The minimum atomic E-state index is 0.757. The van der Waals surface area contributed by atoms with Crippen LogP contribution in [0.15, 0.2) is 22.7 Å². The number of methoxy groups -OCH3 is 1. The molecule has 0 spiro atoms. The molecule has 0 aliphatic carbocycles. The second-order valence-corrected chi connectivity index (χ2v) is 6.37. The summed E-state index contributed by atoms with van der Waals surface area (Å²) in [5, 5.41) is 3.44. The summed E-state index contributed by atoms with van der Waals surface area (Å²) in [5.74, 6) is 0.850. The molecule has 1 unspecified atom stereocenters. The van der Waals surface area contributed by atoms with E-state index in [0.29, 0.717) is 0 Å². The van der Waals surface area contributed by atoms with Crippen LogP contribution in [0, 0.1) is 5.92 Å². The van der Waals surface area contributed by atoms with Crippen molar-refractivity contribution in [3.05, 3.63) is 28.2 Å². The van der Waals surface area contributed by atoms with E-state index < -0.39 is 0 Å².